The smallest absolute Gasteiger partial charge is 0.219 e. The van der Waals surface area contributed by atoms with Gasteiger partial charge >= 0.3 is 0 Å². The van der Waals surface area contributed by atoms with Crippen molar-refractivity contribution >= 4 is 17.5 Å². The summed E-state index contributed by atoms with van der Waals surface area (Å²) in [6, 6.07) is 19.5. The molecule has 7 N–H and O–H groups in total. The Morgan fingerprint density at radius 3 is 2.18 bits per heavy atom. The Bertz CT molecular complexity index is 1070. The average molecular weight is 450 g/mol. The predicted octanol–water partition coefficient (Wildman–Crippen LogP) is -0.647. The quantitative estimate of drug-likeness (QED) is 0.404. The maximum Gasteiger partial charge on any atom is 0.219 e. The molecule has 33 heavy (non-hydrogen) atoms. The number of ether oxygens (including phenoxy) is 1. The van der Waals surface area contributed by atoms with Gasteiger partial charge in [-0.25, -0.2) is 4.99 Å². The third kappa shape index (κ3) is 3.52. The van der Waals surface area contributed by atoms with Crippen LogP contribution in [0.25, 0.3) is 0 Å². The summed E-state index contributed by atoms with van der Waals surface area (Å²) in [7, 11) is 0. The molecule has 0 radical (unpaired) electrons. The van der Waals surface area contributed by atoms with Crippen molar-refractivity contribution in [3.05, 3.63) is 71.8 Å². The highest BCUT2D eigenvalue weighted by molar-refractivity contribution is 6.48. The summed E-state index contributed by atoms with van der Waals surface area (Å²) in [6.45, 7) is -0.351. The fourth-order valence-corrected chi connectivity index (χ4v) is 4.75. The molecule has 2 aromatic carbocycles. The van der Waals surface area contributed by atoms with Crippen LogP contribution >= 0.6 is 0 Å². The molecule has 172 valence electrons. The number of nitrogens with two attached hydrogens (primary N) is 2. The van der Waals surface area contributed by atoms with Crippen LogP contribution in [0.15, 0.2) is 75.6 Å². The zero-order valence-corrected chi connectivity index (χ0v) is 17.8. The molecule has 0 aliphatic carbocycles. The van der Waals surface area contributed by atoms with E-state index in [0.717, 1.165) is 11.1 Å². The van der Waals surface area contributed by atoms with Crippen LogP contribution in [-0.2, 0) is 4.74 Å². The Kier molecular flexibility index (Phi) is 5.47. The summed E-state index contributed by atoms with van der Waals surface area (Å²) in [6.07, 6.45) is -4.42. The first kappa shape index (κ1) is 21.7. The zero-order valence-electron chi connectivity index (χ0n) is 17.8. The maximum atomic E-state index is 10.5. The topological polar surface area (TPSA) is 162 Å². The molecule has 0 saturated carbocycles. The number of rotatable bonds is 5. The Labute approximate surface area is 190 Å². The molecule has 2 aromatic rings. The Hall–Kier alpha value is -3.15. The number of nitrogens with zero attached hydrogens (tertiary/aromatic N) is 4. The van der Waals surface area contributed by atoms with Crippen LogP contribution in [0.1, 0.15) is 17.0 Å². The molecule has 1 saturated heterocycles. The van der Waals surface area contributed by atoms with Crippen LogP contribution < -0.4 is 11.5 Å². The minimum absolute atomic E-state index is 0.0260. The van der Waals surface area contributed by atoms with Crippen LogP contribution in [0.4, 0.5) is 0 Å². The molecule has 3 aliphatic rings. The van der Waals surface area contributed by atoms with Gasteiger partial charge in [-0.3, -0.25) is 4.99 Å². The SMILES string of the molecule is NC1=NC(N)(C(c2ccccc2)c2ccccc2)C2=NCN([C@@H]3O[C@H](CO)[C@@H](O)[C@H]3O)C2=N1. The van der Waals surface area contributed by atoms with E-state index in [1.165, 1.54) is 0 Å². The van der Waals surface area contributed by atoms with Gasteiger partial charge in [-0.2, -0.15) is 4.99 Å². The van der Waals surface area contributed by atoms with Gasteiger partial charge in [0.05, 0.1) is 12.5 Å². The molecular weight excluding hydrogens is 424 g/mol. The number of fused-ring (bicyclic) bond motifs is 1. The summed E-state index contributed by atoms with van der Waals surface area (Å²) in [4.78, 5) is 15.2. The largest absolute Gasteiger partial charge is 0.394 e. The second-order valence-electron chi connectivity index (χ2n) is 8.33. The number of guanidine groups is 1. The maximum absolute atomic E-state index is 10.5. The summed E-state index contributed by atoms with van der Waals surface area (Å²) < 4.78 is 5.70. The first-order valence-corrected chi connectivity index (χ1v) is 10.7. The van der Waals surface area contributed by atoms with Gasteiger partial charge in [0.2, 0.25) is 5.96 Å². The van der Waals surface area contributed by atoms with E-state index < -0.39 is 42.7 Å². The first-order valence-electron chi connectivity index (χ1n) is 10.7. The number of aliphatic hydroxyl groups excluding tert-OH is 3. The minimum Gasteiger partial charge on any atom is -0.394 e. The van der Waals surface area contributed by atoms with Gasteiger partial charge in [0, 0.05) is 0 Å². The third-order valence-electron chi connectivity index (χ3n) is 6.29. The van der Waals surface area contributed by atoms with E-state index in [1.54, 1.807) is 4.90 Å². The van der Waals surface area contributed by atoms with Crippen molar-refractivity contribution in [2.24, 2.45) is 26.4 Å². The summed E-state index contributed by atoms with van der Waals surface area (Å²) in [5, 5.41) is 30.2. The average Bonchev–Trinajstić information content (AvgIpc) is 3.36. The van der Waals surface area contributed by atoms with Crippen LogP contribution in [0.3, 0.4) is 0 Å². The highest BCUT2D eigenvalue weighted by atomic mass is 16.6. The van der Waals surface area contributed by atoms with Crippen molar-refractivity contribution in [3.63, 3.8) is 0 Å². The second-order valence-corrected chi connectivity index (χ2v) is 8.33. The van der Waals surface area contributed by atoms with Gasteiger partial charge in [-0.15, -0.1) is 0 Å². The molecule has 3 heterocycles. The third-order valence-corrected chi connectivity index (χ3v) is 6.29. The lowest BCUT2D eigenvalue weighted by molar-refractivity contribution is -0.0688. The lowest BCUT2D eigenvalue weighted by atomic mass is 9.78. The van der Waals surface area contributed by atoms with Crippen LogP contribution in [-0.4, -0.2) is 81.2 Å². The van der Waals surface area contributed by atoms with E-state index in [9.17, 15) is 15.3 Å². The zero-order chi connectivity index (χ0) is 23.2. The Morgan fingerprint density at radius 1 is 1.03 bits per heavy atom. The monoisotopic (exact) mass is 450 g/mol. The van der Waals surface area contributed by atoms with Crippen molar-refractivity contribution in [2.45, 2.75) is 36.1 Å². The van der Waals surface area contributed by atoms with Crippen molar-refractivity contribution in [1.29, 1.82) is 0 Å². The number of amidine groups is 1. The van der Waals surface area contributed by atoms with Gasteiger partial charge in [-0.1, -0.05) is 60.7 Å². The molecule has 1 unspecified atom stereocenters. The molecule has 0 bridgehead atoms. The molecule has 10 nitrogen and oxygen atoms in total. The number of benzene rings is 2. The highest BCUT2D eigenvalue weighted by Gasteiger charge is 2.53. The van der Waals surface area contributed by atoms with E-state index in [-0.39, 0.29) is 12.6 Å². The van der Waals surface area contributed by atoms with Crippen LogP contribution in [0.5, 0.6) is 0 Å². The highest BCUT2D eigenvalue weighted by Crippen LogP contribution is 2.39. The van der Waals surface area contributed by atoms with E-state index in [4.69, 9.17) is 16.2 Å². The van der Waals surface area contributed by atoms with Crippen LogP contribution in [0.2, 0.25) is 0 Å². The lowest BCUT2D eigenvalue weighted by Gasteiger charge is -2.38. The molecule has 0 amide bonds. The van der Waals surface area contributed by atoms with Crippen molar-refractivity contribution in [2.75, 3.05) is 13.3 Å². The van der Waals surface area contributed by atoms with Gasteiger partial charge in [0.15, 0.2) is 17.7 Å². The number of hydrogen-bond donors (Lipinski definition) is 5. The molecule has 5 atom stereocenters. The first-order chi connectivity index (χ1) is 15.9. The normalized spacial score (nSPS) is 31.3. The van der Waals surface area contributed by atoms with Gasteiger partial charge in [0.25, 0.3) is 0 Å². The number of hydrogen-bond acceptors (Lipinski definition) is 10. The van der Waals surface area contributed by atoms with E-state index in [2.05, 4.69) is 15.0 Å². The molecule has 1 fully saturated rings. The molecular formula is C23H26N6O4. The Balaban J connectivity index is 1.57. The summed E-state index contributed by atoms with van der Waals surface area (Å²) >= 11 is 0. The van der Waals surface area contributed by atoms with Crippen molar-refractivity contribution in [3.8, 4) is 0 Å². The molecule has 5 rings (SSSR count). The van der Waals surface area contributed by atoms with Crippen molar-refractivity contribution < 1.29 is 20.1 Å². The Morgan fingerprint density at radius 2 is 1.64 bits per heavy atom. The second kappa shape index (κ2) is 8.32. The molecule has 0 spiro atoms. The standard InChI is InChI=1S/C23H26N6O4/c24-22-27-20-19(26-12-29(20)21-18(32)17(31)15(11-30)33-21)23(25,28-22)16(13-7-3-1-4-8-13)14-9-5-2-6-10-14/h1-10,15-18,21,30-32H,11-12,25H2,(H2,24,28)/t15-,17-,18-,21-,23?/m1/s1. The fourth-order valence-electron chi connectivity index (χ4n) is 4.75. The van der Waals surface area contributed by atoms with Gasteiger partial charge in [-0.05, 0) is 11.1 Å². The molecule has 0 aromatic heterocycles. The number of aliphatic hydroxyl groups is 3. The predicted molar refractivity (Wildman–Crippen MR) is 123 cm³/mol. The van der Waals surface area contributed by atoms with E-state index in [1.807, 2.05) is 60.7 Å². The lowest BCUT2D eigenvalue weighted by Crippen LogP contribution is -2.60. The summed E-state index contributed by atoms with van der Waals surface area (Å²) in [5.41, 5.74) is 14.1. The molecule has 10 heteroatoms. The van der Waals surface area contributed by atoms with E-state index >= 15 is 0 Å². The molecule has 3 aliphatic heterocycles. The summed E-state index contributed by atoms with van der Waals surface area (Å²) in [5.74, 6) is -0.119. The fraction of sp³-hybridized carbons (Fsp3) is 0.348. The van der Waals surface area contributed by atoms with Crippen LogP contribution in [0, 0.1) is 0 Å². The minimum atomic E-state index is -1.38. The van der Waals surface area contributed by atoms with Crippen molar-refractivity contribution in [1.82, 2.24) is 4.90 Å². The number of aliphatic imine (C=N–C) groups is 3. The van der Waals surface area contributed by atoms with E-state index in [0.29, 0.717) is 11.5 Å². The van der Waals surface area contributed by atoms with Gasteiger partial charge in [0.1, 0.15) is 30.7 Å². The van der Waals surface area contributed by atoms with Gasteiger partial charge < -0.3 is 36.4 Å².